The fraction of sp³-hybridized carbons (Fsp3) is 0.125. The van der Waals surface area contributed by atoms with Crippen LogP contribution in [0.5, 0.6) is 11.5 Å². The van der Waals surface area contributed by atoms with Gasteiger partial charge in [-0.3, -0.25) is 4.79 Å². The van der Waals surface area contributed by atoms with Gasteiger partial charge >= 0.3 is 0 Å². The summed E-state index contributed by atoms with van der Waals surface area (Å²) in [6.07, 6.45) is 1.50. The quantitative estimate of drug-likeness (QED) is 0.741. The van der Waals surface area contributed by atoms with Crippen molar-refractivity contribution < 1.29 is 14.3 Å². The van der Waals surface area contributed by atoms with Gasteiger partial charge in [-0.05, 0) is 59.0 Å². The molecule has 0 atom stereocenters. The van der Waals surface area contributed by atoms with Gasteiger partial charge in [0.15, 0.2) is 6.61 Å². The molecule has 0 unspecified atom stereocenters. The predicted octanol–water partition coefficient (Wildman–Crippen LogP) is 1.69. The minimum Gasteiger partial charge on any atom is -0.497 e. The van der Waals surface area contributed by atoms with E-state index in [1.165, 1.54) is 11.0 Å². The van der Waals surface area contributed by atoms with Crippen molar-refractivity contribution in [3.05, 3.63) is 54.9 Å². The first-order valence-corrected chi connectivity index (χ1v) is 7.15. The first-order chi connectivity index (χ1) is 11.7. The molecule has 0 radical (unpaired) electrons. The van der Waals surface area contributed by atoms with E-state index < -0.39 is 0 Å². The van der Waals surface area contributed by atoms with Crippen molar-refractivity contribution in [1.29, 1.82) is 0 Å². The summed E-state index contributed by atoms with van der Waals surface area (Å²) in [6.45, 7) is -0.0870. The van der Waals surface area contributed by atoms with Gasteiger partial charge in [0.1, 0.15) is 17.8 Å². The van der Waals surface area contributed by atoms with Crippen molar-refractivity contribution in [3.63, 3.8) is 0 Å². The summed E-state index contributed by atoms with van der Waals surface area (Å²) < 4.78 is 12.1. The molecule has 122 valence electrons. The highest BCUT2D eigenvalue weighted by Crippen LogP contribution is 2.16. The maximum absolute atomic E-state index is 11.9. The van der Waals surface area contributed by atoms with Crippen LogP contribution in [0.3, 0.4) is 0 Å². The van der Waals surface area contributed by atoms with Gasteiger partial charge in [0, 0.05) is 5.69 Å². The summed E-state index contributed by atoms with van der Waals surface area (Å²) in [4.78, 5) is 11.9. The second-order valence-corrected chi connectivity index (χ2v) is 4.81. The number of carbonyl (C=O) groups is 1. The molecule has 3 aromatic rings. The van der Waals surface area contributed by atoms with E-state index in [2.05, 4.69) is 20.8 Å². The molecule has 1 aromatic heterocycles. The topological polar surface area (TPSA) is 91.2 Å². The molecule has 2 aromatic carbocycles. The molecule has 3 rings (SSSR count). The number of tetrazole rings is 1. The van der Waals surface area contributed by atoms with E-state index in [0.717, 1.165) is 11.4 Å². The van der Waals surface area contributed by atoms with Crippen LogP contribution in [0.25, 0.3) is 5.69 Å². The highest BCUT2D eigenvalue weighted by atomic mass is 16.5. The fourth-order valence-electron chi connectivity index (χ4n) is 1.99. The van der Waals surface area contributed by atoms with Gasteiger partial charge in [0.05, 0.1) is 12.8 Å². The molecule has 1 N–H and O–H groups in total. The summed E-state index contributed by atoms with van der Waals surface area (Å²) in [7, 11) is 1.59. The number of hydrogen-bond acceptors (Lipinski definition) is 6. The Labute approximate surface area is 138 Å². The third kappa shape index (κ3) is 3.86. The molecule has 0 fully saturated rings. The molecular formula is C16H15N5O3. The number of nitrogens with one attached hydrogen (secondary N) is 1. The average molecular weight is 325 g/mol. The standard InChI is InChI=1S/C16H15N5O3/c1-23-14-6-2-12(3-7-14)18-16(22)10-24-15-8-4-13(5-9-15)21-11-17-19-20-21/h2-9,11H,10H2,1H3,(H,18,22). The first kappa shape index (κ1) is 15.5. The van der Waals surface area contributed by atoms with Gasteiger partial charge in [0.2, 0.25) is 0 Å². The van der Waals surface area contributed by atoms with Crippen LogP contribution in [0, 0.1) is 0 Å². The Morgan fingerprint density at radius 2 is 1.79 bits per heavy atom. The third-order valence-electron chi connectivity index (χ3n) is 3.19. The minimum atomic E-state index is -0.246. The zero-order chi connectivity index (χ0) is 16.8. The van der Waals surface area contributed by atoms with Crippen LogP contribution in [-0.2, 0) is 4.79 Å². The molecule has 1 amide bonds. The van der Waals surface area contributed by atoms with Gasteiger partial charge < -0.3 is 14.8 Å². The molecule has 0 saturated heterocycles. The van der Waals surface area contributed by atoms with E-state index >= 15 is 0 Å². The van der Waals surface area contributed by atoms with Crippen molar-refractivity contribution in [1.82, 2.24) is 20.2 Å². The molecule has 1 heterocycles. The van der Waals surface area contributed by atoms with Crippen molar-refractivity contribution in [2.45, 2.75) is 0 Å². The second kappa shape index (κ2) is 7.23. The Morgan fingerprint density at radius 3 is 2.42 bits per heavy atom. The number of aromatic nitrogens is 4. The summed E-state index contributed by atoms with van der Waals surface area (Å²) in [5.41, 5.74) is 1.48. The number of methoxy groups -OCH3 is 1. The van der Waals surface area contributed by atoms with Gasteiger partial charge in [-0.15, -0.1) is 5.10 Å². The summed E-state index contributed by atoms with van der Waals surface area (Å²) in [5.74, 6) is 1.06. The van der Waals surface area contributed by atoms with E-state index in [-0.39, 0.29) is 12.5 Å². The van der Waals surface area contributed by atoms with Crippen LogP contribution in [0.4, 0.5) is 5.69 Å². The van der Waals surface area contributed by atoms with Crippen LogP contribution in [0.15, 0.2) is 54.9 Å². The van der Waals surface area contributed by atoms with Gasteiger partial charge in [0.25, 0.3) is 5.91 Å². The molecule has 8 heteroatoms. The van der Waals surface area contributed by atoms with Gasteiger partial charge in [-0.2, -0.15) is 0 Å². The van der Waals surface area contributed by atoms with Crippen molar-refractivity contribution >= 4 is 11.6 Å². The molecule has 0 spiro atoms. The summed E-state index contributed by atoms with van der Waals surface area (Å²) in [6, 6.07) is 14.2. The maximum Gasteiger partial charge on any atom is 0.262 e. The van der Waals surface area contributed by atoms with Crippen molar-refractivity contribution in [3.8, 4) is 17.2 Å². The number of anilines is 1. The number of rotatable bonds is 6. The first-order valence-electron chi connectivity index (χ1n) is 7.15. The number of benzene rings is 2. The summed E-state index contributed by atoms with van der Waals surface area (Å²) in [5, 5.41) is 13.7. The highest BCUT2D eigenvalue weighted by molar-refractivity contribution is 5.91. The van der Waals surface area contributed by atoms with Crippen LogP contribution in [-0.4, -0.2) is 39.8 Å². The number of nitrogens with zero attached hydrogens (tertiary/aromatic N) is 4. The minimum absolute atomic E-state index is 0.0870. The van der Waals surface area contributed by atoms with Crippen LogP contribution in [0.1, 0.15) is 0 Å². The van der Waals surface area contributed by atoms with Crippen LogP contribution in [0.2, 0.25) is 0 Å². The Hall–Kier alpha value is -3.42. The largest absolute Gasteiger partial charge is 0.497 e. The predicted molar refractivity (Wildman–Crippen MR) is 86.3 cm³/mol. The smallest absolute Gasteiger partial charge is 0.262 e. The lowest BCUT2D eigenvalue weighted by molar-refractivity contribution is -0.118. The maximum atomic E-state index is 11.9. The Balaban J connectivity index is 1.52. The zero-order valence-electron chi connectivity index (χ0n) is 12.9. The zero-order valence-corrected chi connectivity index (χ0v) is 12.9. The van der Waals surface area contributed by atoms with Crippen LogP contribution < -0.4 is 14.8 Å². The molecule has 8 nitrogen and oxygen atoms in total. The third-order valence-corrected chi connectivity index (χ3v) is 3.19. The highest BCUT2D eigenvalue weighted by Gasteiger charge is 2.05. The Kier molecular flexibility index (Phi) is 4.66. The van der Waals surface area contributed by atoms with E-state index in [1.54, 1.807) is 55.6 Å². The second-order valence-electron chi connectivity index (χ2n) is 4.81. The van der Waals surface area contributed by atoms with Crippen LogP contribution >= 0.6 is 0 Å². The molecule has 0 saturated carbocycles. The van der Waals surface area contributed by atoms with Gasteiger partial charge in [-0.25, -0.2) is 4.68 Å². The Bertz CT molecular complexity index is 786. The fourth-order valence-corrected chi connectivity index (χ4v) is 1.99. The lowest BCUT2D eigenvalue weighted by Gasteiger charge is -2.08. The average Bonchev–Trinajstić information content (AvgIpc) is 3.16. The molecule has 0 bridgehead atoms. The Morgan fingerprint density at radius 1 is 1.08 bits per heavy atom. The van der Waals surface area contributed by atoms with Crippen molar-refractivity contribution in [2.24, 2.45) is 0 Å². The number of ether oxygens (including phenoxy) is 2. The van der Waals surface area contributed by atoms with Crippen molar-refractivity contribution in [2.75, 3.05) is 19.0 Å². The lowest BCUT2D eigenvalue weighted by Crippen LogP contribution is -2.20. The SMILES string of the molecule is COc1ccc(NC(=O)COc2ccc(-n3cnnn3)cc2)cc1. The van der Waals surface area contributed by atoms with E-state index in [9.17, 15) is 4.79 Å². The molecular weight excluding hydrogens is 310 g/mol. The normalized spacial score (nSPS) is 10.2. The lowest BCUT2D eigenvalue weighted by atomic mass is 10.3. The molecule has 24 heavy (non-hydrogen) atoms. The monoisotopic (exact) mass is 325 g/mol. The molecule has 0 aliphatic carbocycles. The van der Waals surface area contributed by atoms with Gasteiger partial charge in [-0.1, -0.05) is 0 Å². The number of amides is 1. The molecule has 0 aliphatic rings. The molecule has 0 aliphatic heterocycles. The van der Waals surface area contributed by atoms with E-state index in [0.29, 0.717) is 11.4 Å². The van der Waals surface area contributed by atoms with E-state index in [4.69, 9.17) is 9.47 Å². The number of carbonyl (C=O) groups excluding carboxylic acids is 1. The summed E-state index contributed by atoms with van der Waals surface area (Å²) >= 11 is 0. The van der Waals surface area contributed by atoms with E-state index in [1.807, 2.05) is 0 Å². The number of hydrogen-bond donors (Lipinski definition) is 1.